The normalized spacial score (nSPS) is 13.7. The second kappa shape index (κ2) is 7.23. The van der Waals surface area contributed by atoms with E-state index in [4.69, 9.17) is 0 Å². The highest BCUT2D eigenvalue weighted by Gasteiger charge is 2.10. The molecule has 106 valence electrons. The highest BCUT2D eigenvalue weighted by Crippen LogP contribution is 2.10. The molecule has 19 heavy (non-hydrogen) atoms. The molecule has 0 saturated heterocycles. The summed E-state index contributed by atoms with van der Waals surface area (Å²) in [5, 5.41) is 3.38. The Kier molecular flexibility index (Phi) is 5.95. The van der Waals surface area contributed by atoms with Crippen LogP contribution in [0.4, 0.5) is 5.69 Å². The number of hydrogen-bond donors (Lipinski definition) is 1. The van der Waals surface area contributed by atoms with E-state index in [2.05, 4.69) is 10.3 Å². The molecule has 0 aliphatic carbocycles. The Morgan fingerprint density at radius 1 is 1.53 bits per heavy atom. The number of carbonyl (C=O) groups excluding carboxylic acids is 1. The van der Waals surface area contributed by atoms with Crippen LogP contribution in [-0.2, 0) is 10.8 Å². The minimum atomic E-state index is -0.799. The van der Waals surface area contributed by atoms with E-state index in [1.165, 1.54) is 4.90 Å². The molecule has 0 aromatic carbocycles. The Morgan fingerprint density at radius 2 is 2.21 bits per heavy atom. The standard InChI is InChI=1S/C13H21N3O2S/c1-10(19(4)18)5-7-14-11-6-8-15-12(9-11)13(17)16(2)3/h6,8-10H,5,7H2,1-4H3,(H,14,15). The molecule has 1 amide bonds. The summed E-state index contributed by atoms with van der Waals surface area (Å²) in [5.74, 6) is -0.119. The van der Waals surface area contributed by atoms with E-state index >= 15 is 0 Å². The number of anilines is 1. The lowest BCUT2D eigenvalue weighted by atomic mass is 10.2. The Hall–Kier alpha value is -1.43. The molecule has 6 heteroatoms. The fourth-order valence-corrected chi connectivity index (χ4v) is 1.92. The molecular formula is C13H21N3O2S. The molecule has 2 unspecified atom stereocenters. The smallest absolute Gasteiger partial charge is 0.272 e. The molecule has 5 nitrogen and oxygen atoms in total. The fraction of sp³-hybridized carbons (Fsp3) is 0.538. The SMILES string of the molecule is CC(CCNc1ccnc(C(=O)N(C)C)c1)S(C)=O. The Labute approximate surface area is 116 Å². The third-order valence-electron chi connectivity index (χ3n) is 2.83. The van der Waals surface area contributed by atoms with Gasteiger partial charge in [0, 0.05) is 54.8 Å². The summed E-state index contributed by atoms with van der Waals surface area (Å²) in [6.07, 6.45) is 4.15. The van der Waals surface area contributed by atoms with E-state index in [0.29, 0.717) is 5.69 Å². The van der Waals surface area contributed by atoms with Crippen LogP contribution in [0.5, 0.6) is 0 Å². The minimum Gasteiger partial charge on any atom is -0.385 e. The molecule has 0 spiro atoms. The Balaban J connectivity index is 2.58. The molecule has 2 atom stereocenters. The van der Waals surface area contributed by atoms with Crippen molar-refractivity contribution in [1.82, 2.24) is 9.88 Å². The summed E-state index contributed by atoms with van der Waals surface area (Å²) in [7, 11) is 2.59. The summed E-state index contributed by atoms with van der Waals surface area (Å²) in [5.41, 5.74) is 1.27. The highest BCUT2D eigenvalue weighted by molar-refractivity contribution is 7.84. The molecular weight excluding hydrogens is 262 g/mol. The van der Waals surface area contributed by atoms with E-state index in [-0.39, 0.29) is 11.2 Å². The van der Waals surface area contributed by atoms with Crippen molar-refractivity contribution in [2.75, 3.05) is 32.2 Å². The lowest BCUT2D eigenvalue weighted by Crippen LogP contribution is -2.23. The molecule has 0 aliphatic heterocycles. The monoisotopic (exact) mass is 283 g/mol. The Bertz CT molecular complexity index is 463. The predicted molar refractivity (Wildman–Crippen MR) is 78.9 cm³/mol. The van der Waals surface area contributed by atoms with Crippen LogP contribution in [0.3, 0.4) is 0 Å². The van der Waals surface area contributed by atoms with Crippen molar-refractivity contribution in [3.63, 3.8) is 0 Å². The molecule has 1 N–H and O–H groups in total. The summed E-state index contributed by atoms with van der Waals surface area (Å²) < 4.78 is 11.2. The maximum Gasteiger partial charge on any atom is 0.272 e. The van der Waals surface area contributed by atoms with Crippen LogP contribution in [0.15, 0.2) is 18.3 Å². The van der Waals surface area contributed by atoms with E-state index in [0.717, 1.165) is 18.7 Å². The Morgan fingerprint density at radius 3 is 2.79 bits per heavy atom. The topological polar surface area (TPSA) is 62.3 Å². The first-order valence-electron chi connectivity index (χ1n) is 6.15. The van der Waals surface area contributed by atoms with Gasteiger partial charge in [-0.25, -0.2) is 0 Å². The van der Waals surface area contributed by atoms with Gasteiger partial charge in [-0.2, -0.15) is 0 Å². The largest absolute Gasteiger partial charge is 0.385 e. The molecule has 0 aliphatic rings. The molecule has 0 saturated carbocycles. The number of nitrogens with one attached hydrogen (secondary N) is 1. The van der Waals surface area contributed by atoms with Gasteiger partial charge in [-0.15, -0.1) is 0 Å². The van der Waals surface area contributed by atoms with Crippen molar-refractivity contribution < 1.29 is 9.00 Å². The van der Waals surface area contributed by atoms with Crippen LogP contribution in [0.1, 0.15) is 23.8 Å². The summed E-state index contributed by atoms with van der Waals surface area (Å²) >= 11 is 0. The van der Waals surface area contributed by atoms with Crippen LogP contribution in [0.2, 0.25) is 0 Å². The van der Waals surface area contributed by atoms with Gasteiger partial charge in [-0.3, -0.25) is 14.0 Å². The zero-order chi connectivity index (χ0) is 14.4. The van der Waals surface area contributed by atoms with Crippen molar-refractivity contribution in [3.8, 4) is 0 Å². The van der Waals surface area contributed by atoms with Crippen molar-refractivity contribution in [2.24, 2.45) is 0 Å². The average molecular weight is 283 g/mol. The first-order valence-corrected chi connectivity index (χ1v) is 7.77. The fourth-order valence-electron chi connectivity index (χ4n) is 1.47. The zero-order valence-electron chi connectivity index (χ0n) is 11.8. The number of hydrogen-bond acceptors (Lipinski definition) is 4. The predicted octanol–water partition coefficient (Wildman–Crippen LogP) is 1.35. The first-order chi connectivity index (χ1) is 8.91. The third-order valence-corrected chi connectivity index (χ3v) is 4.20. The number of carbonyl (C=O) groups is 1. The lowest BCUT2D eigenvalue weighted by Gasteiger charge is -2.12. The van der Waals surface area contributed by atoms with Crippen LogP contribution < -0.4 is 5.32 Å². The lowest BCUT2D eigenvalue weighted by molar-refractivity contribution is 0.0822. The molecule has 1 aromatic rings. The van der Waals surface area contributed by atoms with Crippen LogP contribution in [-0.4, -0.2) is 52.1 Å². The minimum absolute atomic E-state index is 0.119. The third kappa shape index (κ3) is 4.98. The van der Waals surface area contributed by atoms with E-state index in [9.17, 15) is 9.00 Å². The van der Waals surface area contributed by atoms with Crippen molar-refractivity contribution >= 4 is 22.4 Å². The van der Waals surface area contributed by atoms with Gasteiger partial charge in [-0.1, -0.05) is 6.92 Å². The molecule has 0 radical (unpaired) electrons. The second-order valence-electron chi connectivity index (χ2n) is 4.65. The quantitative estimate of drug-likeness (QED) is 0.856. The van der Waals surface area contributed by atoms with E-state index in [1.54, 1.807) is 32.6 Å². The summed E-state index contributed by atoms with van der Waals surface area (Å²) in [6.45, 7) is 2.69. The molecule has 1 heterocycles. The number of nitrogens with zero attached hydrogens (tertiary/aromatic N) is 2. The number of rotatable bonds is 6. The van der Waals surface area contributed by atoms with Crippen molar-refractivity contribution in [3.05, 3.63) is 24.0 Å². The molecule has 1 rings (SSSR count). The van der Waals surface area contributed by atoms with Gasteiger partial charge in [0.1, 0.15) is 5.69 Å². The number of amides is 1. The molecule has 0 bridgehead atoms. The first kappa shape index (κ1) is 15.6. The van der Waals surface area contributed by atoms with Crippen molar-refractivity contribution in [1.29, 1.82) is 0 Å². The maximum atomic E-state index is 11.8. The zero-order valence-corrected chi connectivity index (χ0v) is 12.7. The van der Waals surface area contributed by atoms with Gasteiger partial charge in [-0.05, 0) is 18.6 Å². The average Bonchev–Trinajstić information content (AvgIpc) is 2.37. The summed E-state index contributed by atoms with van der Waals surface area (Å²) in [4.78, 5) is 17.3. The number of aromatic nitrogens is 1. The summed E-state index contributed by atoms with van der Waals surface area (Å²) in [6, 6.07) is 3.55. The van der Waals surface area contributed by atoms with Gasteiger partial charge < -0.3 is 10.2 Å². The van der Waals surface area contributed by atoms with Crippen LogP contribution in [0, 0.1) is 0 Å². The van der Waals surface area contributed by atoms with Gasteiger partial charge in [0.15, 0.2) is 0 Å². The maximum absolute atomic E-state index is 11.8. The van der Waals surface area contributed by atoms with Gasteiger partial charge in [0.05, 0.1) is 0 Å². The highest BCUT2D eigenvalue weighted by atomic mass is 32.2. The molecule has 0 fully saturated rings. The molecule has 1 aromatic heterocycles. The van der Waals surface area contributed by atoms with Crippen molar-refractivity contribution in [2.45, 2.75) is 18.6 Å². The second-order valence-corrected chi connectivity index (χ2v) is 6.46. The van der Waals surface area contributed by atoms with E-state index in [1.807, 2.05) is 13.0 Å². The van der Waals surface area contributed by atoms with Gasteiger partial charge in [0.2, 0.25) is 0 Å². The number of pyridine rings is 1. The van der Waals surface area contributed by atoms with Crippen LogP contribution in [0.25, 0.3) is 0 Å². The van der Waals surface area contributed by atoms with E-state index < -0.39 is 10.8 Å². The van der Waals surface area contributed by atoms with Gasteiger partial charge >= 0.3 is 0 Å². The van der Waals surface area contributed by atoms with Gasteiger partial charge in [0.25, 0.3) is 5.91 Å². The van der Waals surface area contributed by atoms with Crippen LogP contribution >= 0.6 is 0 Å².